The van der Waals surface area contributed by atoms with Gasteiger partial charge in [0, 0.05) is 36.1 Å². The van der Waals surface area contributed by atoms with Gasteiger partial charge in [0.15, 0.2) is 0 Å². The molecule has 1 N–H and O–H groups in total. The van der Waals surface area contributed by atoms with Crippen LogP contribution in [0, 0.1) is 0 Å². The second-order valence-electron chi connectivity index (χ2n) is 4.89. The van der Waals surface area contributed by atoms with Gasteiger partial charge in [0.1, 0.15) is 0 Å². The standard InChI is InChI=1S/C14H18Cl2N2O/c1-18(12-6-7-17-9-12)14(19)5-3-10-2-4-11(15)8-13(10)16/h2,4,8,12,17H,3,5-7,9H2,1H3. The van der Waals surface area contributed by atoms with Gasteiger partial charge in [-0.25, -0.2) is 0 Å². The predicted octanol–water partition coefficient (Wildman–Crippen LogP) is 2.75. The maximum atomic E-state index is 12.1. The third-order valence-corrected chi connectivity index (χ3v) is 4.19. The summed E-state index contributed by atoms with van der Waals surface area (Å²) < 4.78 is 0. The highest BCUT2D eigenvalue weighted by Gasteiger charge is 2.22. The number of nitrogens with zero attached hydrogens (tertiary/aromatic N) is 1. The lowest BCUT2D eigenvalue weighted by atomic mass is 10.1. The van der Waals surface area contributed by atoms with Crippen molar-refractivity contribution in [1.29, 1.82) is 0 Å². The summed E-state index contributed by atoms with van der Waals surface area (Å²) in [6.45, 7) is 1.88. The Balaban J connectivity index is 1.89. The fourth-order valence-electron chi connectivity index (χ4n) is 2.32. The van der Waals surface area contributed by atoms with Crippen molar-refractivity contribution in [1.82, 2.24) is 10.2 Å². The molecule has 1 atom stereocenters. The normalized spacial score (nSPS) is 18.6. The number of likely N-dealkylation sites (N-methyl/N-ethyl adjacent to an activating group) is 1. The van der Waals surface area contributed by atoms with Gasteiger partial charge in [-0.05, 0) is 37.1 Å². The summed E-state index contributed by atoms with van der Waals surface area (Å²) >= 11 is 11.9. The van der Waals surface area contributed by atoms with Crippen LogP contribution in [0.2, 0.25) is 10.0 Å². The van der Waals surface area contributed by atoms with Gasteiger partial charge in [0.25, 0.3) is 0 Å². The lowest BCUT2D eigenvalue weighted by molar-refractivity contribution is -0.131. The minimum atomic E-state index is 0.166. The molecular formula is C14H18Cl2N2O. The van der Waals surface area contributed by atoms with E-state index in [1.54, 1.807) is 12.1 Å². The van der Waals surface area contributed by atoms with Gasteiger partial charge < -0.3 is 10.2 Å². The Bertz CT molecular complexity index is 459. The summed E-state index contributed by atoms with van der Waals surface area (Å²) in [5, 5.41) is 4.52. The van der Waals surface area contributed by atoms with Gasteiger partial charge in [0.05, 0.1) is 0 Å². The average molecular weight is 301 g/mol. The molecule has 0 bridgehead atoms. The quantitative estimate of drug-likeness (QED) is 0.927. The van der Waals surface area contributed by atoms with Crippen LogP contribution in [0.25, 0.3) is 0 Å². The van der Waals surface area contributed by atoms with E-state index in [1.165, 1.54) is 0 Å². The summed E-state index contributed by atoms with van der Waals surface area (Å²) in [5.74, 6) is 0.166. The van der Waals surface area contributed by atoms with E-state index >= 15 is 0 Å². The minimum absolute atomic E-state index is 0.166. The van der Waals surface area contributed by atoms with Crippen LogP contribution in [0.15, 0.2) is 18.2 Å². The van der Waals surface area contributed by atoms with Crippen LogP contribution in [0.4, 0.5) is 0 Å². The number of hydrogen-bond donors (Lipinski definition) is 1. The summed E-state index contributed by atoms with van der Waals surface area (Å²) in [5.41, 5.74) is 0.970. The maximum absolute atomic E-state index is 12.1. The predicted molar refractivity (Wildman–Crippen MR) is 78.8 cm³/mol. The van der Waals surface area contributed by atoms with Crippen LogP contribution in [0.1, 0.15) is 18.4 Å². The molecule has 1 saturated heterocycles. The molecule has 1 amide bonds. The Morgan fingerprint density at radius 1 is 1.47 bits per heavy atom. The number of hydrogen-bond acceptors (Lipinski definition) is 2. The second kappa shape index (κ2) is 6.60. The lowest BCUT2D eigenvalue weighted by Gasteiger charge is -2.23. The van der Waals surface area contributed by atoms with E-state index in [2.05, 4.69) is 5.32 Å². The third kappa shape index (κ3) is 3.85. The second-order valence-corrected chi connectivity index (χ2v) is 5.73. The van der Waals surface area contributed by atoms with Crippen LogP contribution >= 0.6 is 23.2 Å². The molecule has 0 aromatic heterocycles. The molecule has 0 radical (unpaired) electrons. The van der Waals surface area contributed by atoms with Crippen LogP contribution in [-0.2, 0) is 11.2 Å². The molecule has 1 aliphatic rings. The lowest BCUT2D eigenvalue weighted by Crippen LogP contribution is -2.38. The fraction of sp³-hybridized carbons (Fsp3) is 0.500. The van der Waals surface area contributed by atoms with Crippen molar-refractivity contribution < 1.29 is 4.79 Å². The summed E-state index contributed by atoms with van der Waals surface area (Å²) in [6.07, 6.45) is 2.16. The third-order valence-electron chi connectivity index (χ3n) is 3.60. The molecule has 1 aromatic rings. The number of rotatable bonds is 4. The summed E-state index contributed by atoms with van der Waals surface area (Å²) in [4.78, 5) is 14.0. The van der Waals surface area contributed by atoms with Crippen LogP contribution in [-0.4, -0.2) is 37.0 Å². The average Bonchev–Trinajstić information content (AvgIpc) is 2.90. The molecule has 3 nitrogen and oxygen atoms in total. The van der Waals surface area contributed by atoms with E-state index in [0.29, 0.717) is 28.9 Å². The highest BCUT2D eigenvalue weighted by Crippen LogP contribution is 2.22. The number of benzene rings is 1. The minimum Gasteiger partial charge on any atom is -0.341 e. The summed E-state index contributed by atoms with van der Waals surface area (Å²) in [7, 11) is 1.88. The van der Waals surface area contributed by atoms with Crippen LogP contribution in [0.5, 0.6) is 0 Å². The molecule has 0 aliphatic carbocycles. The van der Waals surface area contributed by atoms with E-state index in [9.17, 15) is 4.79 Å². The van der Waals surface area contributed by atoms with Crippen molar-refractivity contribution in [3.8, 4) is 0 Å². The van der Waals surface area contributed by atoms with Crippen molar-refractivity contribution in [2.75, 3.05) is 20.1 Å². The number of carbonyl (C=O) groups is 1. The molecule has 19 heavy (non-hydrogen) atoms. The first kappa shape index (κ1) is 14.6. The first-order chi connectivity index (χ1) is 9.08. The van der Waals surface area contributed by atoms with E-state index < -0.39 is 0 Å². The van der Waals surface area contributed by atoms with Gasteiger partial charge in [-0.3, -0.25) is 4.79 Å². The van der Waals surface area contributed by atoms with Crippen molar-refractivity contribution in [3.05, 3.63) is 33.8 Å². The molecule has 5 heteroatoms. The van der Waals surface area contributed by atoms with Gasteiger partial charge in [-0.2, -0.15) is 0 Å². The molecule has 0 saturated carbocycles. The number of aryl methyl sites for hydroxylation is 1. The number of nitrogens with one attached hydrogen (secondary N) is 1. The largest absolute Gasteiger partial charge is 0.341 e. The number of amides is 1. The first-order valence-electron chi connectivity index (χ1n) is 6.48. The zero-order valence-corrected chi connectivity index (χ0v) is 12.5. The van der Waals surface area contributed by atoms with Gasteiger partial charge in [0.2, 0.25) is 5.91 Å². The van der Waals surface area contributed by atoms with Crippen molar-refractivity contribution in [2.24, 2.45) is 0 Å². The Labute approximate surface area is 123 Å². The Morgan fingerprint density at radius 2 is 2.26 bits per heavy atom. The first-order valence-corrected chi connectivity index (χ1v) is 7.24. The molecular weight excluding hydrogens is 283 g/mol. The molecule has 1 aromatic carbocycles. The van der Waals surface area contributed by atoms with Crippen LogP contribution in [0.3, 0.4) is 0 Å². The van der Waals surface area contributed by atoms with E-state index in [-0.39, 0.29) is 5.91 Å². The van der Waals surface area contributed by atoms with Crippen molar-refractivity contribution >= 4 is 29.1 Å². The van der Waals surface area contributed by atoms with E-state index in [1.807, 2.05) is 18.0 Å². The highest BCUT2D eigenvalue weighted by molar-refractivity contribution is 6.35. The monoisotopic (exact) mass is 300 g/mol. The van der Waals surface area contributed by atoms with Gasteiger partial charge >= 0.3 is 0 Å². The van der Waals surface area contributed by atoms with Gasteiger partial charge in [-0.1, -0.05) is 29.3 Å². The van der Waals surface area contributed by atoms with Gasteiger partial charge in [-0.15, -0.1) is 0 Å². The molecule has 1 fully saturated rings. The smallest absolute Gasteiger partial charge is 0.222 e. The molecule has 1 unspecified atom stereocenters. The summed E-state index contributed by atoms with van der Waals surface area (Å²) in [6, 6.07) is 5.73. The van der Waals surface area contributed by atoms with Crippen molar-refractivity contribution in [3.63, 3.8) is 0 Å². The number of carbonyl (C=O) groups excluding carboxylic acids is 1. The molecule has 1 aliphatic heterocycles. The Morgan fingerprint density at radius 3 is 2.89 bits per heavy atom. The highest BCUT2D eigenvalue weighted by atomic mass is 35.5. The van der Waals surface area contributed by atoms with Crippen molar-refractivity contribution in [2.45, 2.75) is 25.3 Å². The molecule has 1 heterocycles. The molecule has 2 rings (SSSR count). The number of halogens is 2. The Hall–Kier alpha value is -0.770. The van der Waals surface area contributed by atoms with Crippen LogP contribution < -0.4 is 5.32 Å². The van der Waals surface area contributed by atoms with E-state index in [4.69, 9.17) is 23.2 Å². The molecule has 104 valence electrons. The Kier molecular flexibility index (Phi) is 5.08. The van der Waals surface area contributed by atoms with E-state index in [0.717, 1.165) is 25.1 Å². The molecule has 0 spiro atoms. The zero-order chi connectivity index (χ0) is 13.8. The SMILES string of the molecule is CN(C(=O)CCc1ccc(Cl)cc1Cl)C1CCNC1. The topological polar surface area (TPSA) is 32.3 Å². The zero-order valence-electron chi connectivity index (χ0n) is 11.0. The fourth-order valence-corrected chi connectivity index (χ4v) is 2.82. The maximum Gasteiger partial charge on any atom is 0.222 e.